The van der Waals surface area contributed by atoms with E-state index >= 15 is 0 Å². The van der Waals surface area contributed by atoms with Gasteiger partial charge in [-0.25, -0.2) is 0 Å². The minimum absolute atomic E-state index is 0.353. The number of halogens is 1. The number of amides is 1. The van der Waals surface area contributed by atoms with Crippen LogP contribution >= 0.6 is 11.6 Å². The van der Waals surface area contributed by atoms with Crippen molar-refractivity contribution in [3.8, 4) is 0 Å². The van der Waals surface area contributed by atoms with Gasteiger partial charge in [0, 0.05) is 12.2 Å². The average molecular weight is 268 g/mol. The quantitative estimate of drug-likeness (QED) is 0.547. The number of hydrogen-bond donors (Lipinski definition) is 3. The van der Waals surface area contributed by atoms with E-state index in [0.717, 1.165) is 18.9 Å². The molecule has 1 fully saturated rings. The molecule has 4 nitrogen and oxygen atoms in total. The Balaban J connectivity index is 2.02. The highest BCUT2D eigenvalue weighted by molar-refractivity contribution is 6.34. The standard InChI is InChI=1S/C13H18ClN3O/c14-11-7-9(15)6-10(13(16)18)12(11)17-5-1-2-8-3-4-8/h6-8,17H,1-5,15H2,(H2,16,18). The number of benzene rings is 1. The van der Waals surface area contributed by atoms with Gasteiger partial charge in [0.05, 0.1) is 16.3 Å². The summed E-state index contributed by atoms with van der Waals surface area (Å²) in [5, 5.41) is 3.62. The smallest absolute Gasteiger partial charge is 0.250 e. The van der Waals surface area contributed by atoms with Gasteiger partial charge in [0.15, 0.2) is 0 Å². The number of rotatable bonds is 6. The molecular formula is C13H18ClN3O. The molecule has 0 radical (unpaired) electrons. The molecule has 0 spiro atoms. The fourth-order valence-electron chi connectivity index (χ4n) is 2.01. The van der Waals surface area contributed by atoms with Gasteiger partial charge in [0.25, 0.3) is 5.91 Å². The maximum atomic E-state index is 11.3. The highest BCUT2D eigenvalue weighted by Crippen LogP contribution is 2.34. The number of nitrogen functional groups attached to an aromatic ring is 1. The SMILES string of the molecule is NC(=O)c1cc(N)cc(Cl)c1NCCCC1CC1. The first-order valence-corrected chi connectivity index (χ1v) is 6.58. The van der Waals surface area contributed by atoms with Crippen LogP contribution in [0.1, 0.15) is 36.0 Å². The van der Waals surface area contributed by atoms with E-state index in [1.54, 1.807) is 12.1 Å². The first kappa shape index (κ1) is 13.0. The first-order valence-electron chi connectivity index (χ1n) is 6.20. The Morgan fingerprint density at radius 1 is 1.44 bits per heavy atom. The molecule has 0 aromatic heterocycles. The predicted octanol–water partition coefficient (Wildman–Crippen LogP) is 2.62. The summed E-state index contributed by atoms with van der Waals surface area (Å²) in [7, 11) is 0. The Bertz CT molecular complexity index is 458. The normalized spacial score (nSPS) is 14.5. The second-order valence-electron chi connectivity index (χ2n) is 4.80. The van der Waals surface area contributed by atoms with Gasteiger partial charge in [-0.15, -0.1) is 0 Å². The summed E-state index contributed by atoms with van der Waals surface area (Å²) in [4.78, 5) is 11.3. The summed E-state index contributed by atoms with van der Waals surface area (Å²) in [6.07, 6.45) is 5.01. The van der Waals surface area contributed by atoms with E-state index in [4.69, 9.17) is 23.1 Å². The number of carbonyl (C=O) groups excluding carboxylic acids is 1. The number of anilines is 2. The fraction of sp³-hybridized carbons (Fsp3) is 0.462. The minimum atomic E-state index is -0.520. The van der Waals surface area contributed by atoms with Crippen LogP contribution in [-0.4, -0.2) is 12.5 Å². The van der Waals surface area contributed by atoms with E-state index in [0.29, 0.717) is 22.0 Å². The molecule has 0 heterocycles. The molecule has 1 aliphatic carbocycles. The van der Waals surface area contributed by atoms with Crippen LogP contribution in [0.5, 0.6) is 0 Å². The van der Waals surface area contributed by atoms with Crippen molar-refractivity contribution in [3.05, 3.63) is 22.7 Å². The molecule has 2 rings (SSSR count). The topological polar surface area (TPSA) is 81.1 Å². The minimum Gasteiger partial charge on any atom is -0.399 e. The lowest BCUT2D eigenvalue weighted by Gasteiger charge is -2.12. The molecule has 0 saturated heterocycles. The number of nitrogens with two attached hydrogens (primary N) is 2. The van der Waals surface area contributed by atoms with Crippen LogP contribution in [0.15, 0.2) is 12.1 Å². The van der Waals surface area contributed by atoms with Crippen molar-refractivity contribution in [1.29, 1.82) is 0 Å². The van der Waals surface area contributed by atoms with Crippen LogP contribution in [0.2, 0.25) is 5.02 Å². The van der Waals surface area contributed by atoms with E-state index in [1.807, 2.05) is 0 Å². The molecule has 18 heavy (non-hydrogen) atoms. The third-order valence-electron chi connectivity index (χ3n) is 3.17. The molecule has 98 valence electrons. The van der Waals surface area contributed by atoms with Crippen molar-refractivity contribution in [3.63, 3.8) is 0 Å². The summed E-state index contributed by atoms with van der Waals surface area (Å²) in [6.45, 7) is 0.792. The zero-order valence-corrected chi connectivity index (χ0v) is 11.0. The molecule has 1 aromatic carbocycles. The van der Waals surface area contributed by atoms with Gasteiger partial charge in [0.2, 0.25) is 0 Å². The maximum absolute atomic E-state index is 11.3. The highest BCUT2D eigenvalue weighted by atomic mass is 35.5. The third kappa shape index (κ3) is 3.29. The van der Waals surface area contributed by atoms with E-state index in [1.165, 1.54) is 19.3 Å². The van der Waals surface area contributed by atoms with E-state index in [2.05, 4.69) is 5.32 Å². The van der Waals surface area contributed by atoms with Crippen molar-refractivity contribution in [1.82, 2.24) is 0 Å². The summed E-state index contributed by atoms with van der Waals surface area (Å²) in [5.41, 5.74) is 12.4. The highest BCUT2D eigenvalue weighted by Gasteiger charge is 2.20. The van der Waals surface area contributed by atoms with Crippen molar-refractivity contribution in [2.24, 2.45) is 11.7 Å². The molecule has 0 bridgehead atoms. The zero-order chi connectivity index (χ0) is 13.1. The summed E-state index contributed by atoms with van der Waals surface area (Å²) >= 11 is 6.08. The number of primary amides is 1. The fourth-order valence-corrected chi connectivity index (χ4v) is 2.31. The molecule has 5 N–H and O–H groups in total. The summed E-state index contributed by atoms with van der Waals surface area (Å²) in [6, 6.07) is 3.18. The van der Waals surface area contributed by atoms with Gasteiger partial charge >= 0.3 is 0 Å². The summed E-state index contributed by atoms with van der Waals surface area (Å²) < 4.78 is 0. The van der Waals surface area contributed by atoms with Crippen molar-refractivity contribution < 1.29 is 4.79 Å². The Morgan fingerprint density at radius 2 is 2.17 bits per heavy atom. The van der Waals surface area contributed by atoms with Crippen LogP contribution in [0.25, 0.3) is 0 Å². The zero-order valence-electron chi connectivity index (χ0n) is 10.2. The number of nitrogens with one attached hydrogen (secondary N) is 1. The molecule has 5 heteroatoms. The Morgan fingerprint density at radius 3 is 2.78 bits per heavy atom. The van der Waals surface area contributed by atoms with Crippen LogP contribution < -0.4 is 16.8 Å². The monoisotopic (exact) mass is 267 g/mol. The lowest BCUT2D eigenvalue weighted by atomic mass is 10.1. The second kappa shape index (κ2) is 5.48. The molecule has 1 aliphatic rings. The Hall–Kier alpha value is -1.42. The third-order valence-corrected chi connectivity index (χ3v) is 3.46. The van der Waals surface area contributed by atoms with Crippen LogP contribution in [0.4, 0.5) is 11.4 Å². The summed E-state index contributed by atoms with van der Waals surface area (Å²) in [5.74, 6) is 0.387. The van der Waals surface area contributed by atoms with Gasteiger partial charge in [-0.05, 0) is 30.9 Å². The van der Waals surface area contributed by atoms with Crippen LogP contribution in [-0.2, 0) is 0 Å². The van der Waals surface area contributed by atoms with Gasteiger partial charge in [-0.2, -0.15) is 0 Å². The second-order valence-corrected chi connectivity index (χ2v) is 5.21. The molecule has 1 saturated carbocycles. The molecule has 1 amide bonds. The lowest BCUT2D eigenvalue weighted by Crippen LogP contribution is -2.16. The van der Waals surface area contributed by atoms with Crippen LogP contribution in [0.3, 0.4) is 0 Å². The number of hydrogen-bond acceptors (Lipinski definition) is 3. The first-order chi connectivity index (χ1) is 8.58. The molecule has 1 aromatic rings. The van der Waals surface area contributed by atoms with Crippen molar-refractivity contribution >= 4 is 28.9 Å². The van der Waals surface area contributed by atoms with E-state index in [9.17, 15) is 4.79 Å². The van der Waals surface area contributed by atoms with Crippen molar-refractivity contribution in [2.45, 2.75) is 25.7 Å². The maximum Gasteiger partial charge on any atom is 0.250 e. The Kier molecular flexibility index (Phi) is 3.97. The van der Waals surface area contributed by atoms with Gasteiger partial charge in [-0.1, -0.05) is 24.4 Å². The number of carbonyl (C=O) groups is 1. The molecule has 0 unspecified atom stereocenters. The largest absolute Gasteiger partial charge is 0.399 e. The van der Waals surface area contributed by atoms with Crippen LogP contribution in [0, 0.1) is 5.92 Å². The van der Waals surface area contributed by atoms with Crippen molar-refractivity contribution in [2.75, 3.05) is 17.6 Å². The van der Waals surface area contributed by atoms with E-state index < -0.39 is 5.91 Å². The van der Waals surface area contributed by atoms with Gasteiger partial charge < -0.3 is 16.8 Å². The van der Waals surface area contributed by atoms with Gasteiger partial charge in [-0.3, -0.25) is 4.79 Å². The van der Waals surface area contributed by atoms with Gasteiger partial charge in [0.1, 0.15) is 0 Å². The lowest BCUT2D eigenvalue weighted by molar-refractivity contribution is 0.100. The Labute approximate surface area is 112 Å². The van der Waals surface area contributed by atoms with E-state index in [-0.39, 0.29) is 0 Å². The average Bonchev–Trinajstić information content (AvgIpc) is 3.09. The predicted molar refractivity (Wildman–Crippen MR) is 74.8 cm³/mol. The molecular weight excluding hydrogens is 250 g/mol. The molecule has 0 aliphatic heterocycles. The molecule has 0 atom stereocenters.